The average molecular weight is 624 g/mol. The van der Waals surface area contributed by atoms with Gasteiger partial charge in [-0.3, -0.25) is 14.4 Å². The summed E-state index contributed by atoms with van der Waals surface area (Å²) in [5.74, 6) is 2.51. The summed E-state index contributed by atoms with van der Waals surface area (Å²) in [5.41, 5.74) is 2.75. The molecule has 0 aromatic carbocycles. The Morgan fingerprint density at radius 2 is 1.78 bits per heavy atom. The fourth-order valence-corrected chi connectivity index (χ4v) is 11.0. The summed E-state index contributed by atoms with van der Waals surface area (Å²) >= 11 is 0. The van der Waals surface area contributed by atoms with Crippen LogP contribution < -0.4 is 5.32 Å². The maximum Gasteiger partial charge on any atom is 0.436 e. The lowest BCUT2D eigenvalue weighted by atomic mass is 9.46. The van der Waals surface area contributed by atoms with Gasteiger partial charge in [-0.05, 0) is 132 Å². The summed E-state index contributed by atoms with van der Waals surface area (Å²) in [6.45, 7) is 11.4. The molecule has 1 heterocycles. The van der Waals surface area contributed by atoms with E-state index in [9.17, 15) is 14.4 Å². The lowest BCUT2D eigenvalue weighted by molar-refractivity contribution is -0.149. The summed E-state index contributed by atoms with van der Waals surface area (Å²) in [6, 6.07) is 0.122. The normalized spacial score (nSPS) is 38.4. The van der Waals surface area contributed by atoms with Gasteiger partial charge < -0.3 is 15.0 Å². The highest BCUT2D eigenvalue weighted by atomic mass is 16.7. The number of amides is 1. The van der Waals surface area contributed by atoms with Crippen molar-refractivity contribution in [3.05, 3.63) is 11.6 Å². The average Bonchev–Trinajstić information content (AvgIpc) is 3.76. The Bertz CT molecular complexity index is 1210. The van der Waals surface area contributed by atoms with E-state index in [2.05, 4.69) is 31.2 Å². The zero-order valence-corrected chi connectivity index (χ0v) is 28.4. The van der Waals surface area contributed by atoms with Crippen LogP contribution in [0.15, 0.2) is 16.8 Å². The van der Waals surface area contributed by atoms with Gasteiger partial charge in [0, 0.05) is 31.0 Å². The second kappa shape index (κ2) is 13.1. The van der Waals surface area contributed by atoms with E-state index < -0.39 is 0 Å². The molecule has 8 atom stereocenters. The number of oxime groups is 1. The van der Waals surface area contributed by atoms with Gasteiger partial charge >= 0.3 is 12.1 Å². The lowest BCUT2D eigenvalue weighted by Crippen LogP contribution is -2.51. The van der Waals surface area contributed by atoms with E-state index in [-0.39, 0.29) is 47.1 Å². The number of hydrogen-bond donors (Lipinski definition) is 1. The first-order chi connectivity index (χ1) is 21.5. The molecule has 0 aromatic rings. The highest BCUT2D eigenvalue weighted by molar-refractivity contribution is 5.91. The van der Waals surface area contributed by atoms with Gasteiger partial charge in [0.25, 0.3) is 0 Å². The molecule has 6 rings (SSSR count). The number of nitrogens with one attached hydrogen (secondary N) is 1. The maximum absolute atomic E-state index is 13.6. The number of fused-ring (bicyclic) bond motifs is 5. The summed E-state index contributed by atoms with van der Waals surface area (Å²) in [6.07, 6.45) is 17.0. The number of ketones is 1. The standard InChI is InChI=1S/C37H57N3O5/c1-23(2)44-34(42)33-15-11-26(38-33)18-21-40(27-8-6-7-9-27)35(43)45-39-24(3)30-13-14-31-29-12-10-25-22-28(41)16-19-36(25,4)32(29)17-20-37(30,31)5/h22-23,26-27,29-33,38H,6-21H2,1-5H3/b39-24+/t26?,29-,30+,31-,32-,33?,36-,37+/m0/s1. The van der Waals surface area contributed by atoms with Crippen LogP contribution in [0.1, 0.15) is 131 Å². The van der Waals surface area contributed by atoms with Crippen molar-refractivity contribution >= 4 is 23.6 Å². The van der Waals surface area contributed by atoms with Gasteiger partial charge in [0.05, 0.1) is 11.8 Å². The first kappa shape index (κ1) is 32.7. The first-order valence-electron chi connectivity index (χ1n) is 18.2. The molecule has 0 aromatic heterocycles. The van der Waals surface area contributed by atoms with E-state index in [1.54, 1.807) is 0 Å². The Balaban J connectivity index is 1.07. The van der Waals surface area contributed by atoms with Gasteiger partial charge in [0.2, 0.25) is 0 Å². The predicted molar refractivity (Wildman–Crippen MR) is 175 cm³/mol. The van der Waals surface area contributed by atoms with Crippen LogP contribution in [-0.4, -0.2) is 59.2 Å². The molecule has 1 saturated heterocycles. The van der Waals surface area contributed by atoms with Crippen LogP contribution in [0.2, 0.25) is 0 Å². The molecule has 0 bridgehead atoms. The van der Waals surface area contributed by atoms with Crippen molar-refractivity contribution in [3.8, 4) is 0 Å². The van der Waals surface area contributed by atoms with E-state index in [1.807, 2.05) is 24.8 Å². The van der Waals surface area contributed by atoms with Crippen LogP contribution in [0.5, 0.6) is 0 Å². The molecule has 2 unspecified atom stereocenters. The van der Waals surface area contributed by atoms with Crippen LogP contribution in [0.3, 0.4) is 0 Å². The molecule has 45 heavy (non-hydrogen) atoms. The molecular formula is C37H57N3O5. The smallest absolute Gasteiger partial charge is 0.436 e. The quantitative estimate of drug-likeness (QED) is 0.131. The monoisotopic (exact) mass is 623 g/mol. The highest BCUT2D eigenvalue weighted by Gasteiger charge is 2.59. The SMILES string of the molecule is C/C(=N\OC(=O)N(CCC1CCC(C(=O)OC(C)C)N1)C1CCCC1)[C@H]1CC[C@H]2[C@@H]3CCC4=CC(=O)CC[C@]4(C)[C@H]3CC[C@]12C. The van der Waals surface area contributed by atoms with E-state index in [1.165, 1.54) is 31.3 Å². The van der Waals surface area contributed by atoms with Gasteiger partial charge in [0.15, 0.2) is 5.78 Å². The largest absolute Gasteiger partial charge is 0.462 e. The molecule has 250 valence electrons. The molecule has 1 N–H and O–H groups in total. The Labute approximate surface area is 270 Å². The van der Waals surface area contributed by atoms with Crippen molar-refractivity contribution in [2.75, 3.05) is 6.54 Å². The Kier molecular flexibility index (Phi) is 9.53. The van der Waals surface area contributed by atoms with Gasteiger partial charge in [0.1, 0.15) is 6.04 Å². The number of hydrogen-bond acceptors (Lipinski definition) is 7. The van der Waals surface area contributed by atoms with Crippen molar-refractivity contribution in [3.63, 3.8) is 0 Å². The van der Waals surface area contributed by atoms with Crippen LogP contribution in [0.25, 0.3) is 0 Å². The molecule has 5 fully saturated rings. The van der Waals surface area contributed by atoms with Gasteiger partial charge in [-0.2, -0.15) is 0 Å². The van der Waals surface area contributed by atoms with Crippen molar-refractivity contribution in [1.29, 1.82) is 0 Å². The Morgan fingerprint density at radius 1 is 1.00 bits per heavy atom. The molecular weight excluding hydrogens is 566 g/mol. The Morgan fingerprint density at radius 3 is 2.53 bits per heavy atom. The van der Waals surface area contributed by atoms with E-state index in [0.717, 1.165) is 69.9 Å². The number of nitrogens with zero attached hydrogens (tertiary/aromatic N) is 2. The molecule has 8 heteroatoms. The fourth-order valence-electron chi connectivity index (χ4n) is 11.0. The van der Waals surface area contributed by atoms with Gasteiger partial charge in [-0.1, -0.05) is 37.4 Å². The molecule has 1 amide bonds. The maximum atomic E-state index is 13.6. The third-order valence-corrected chi connectivity index (χ3v) is 13.3. The molecule has 1 aliphatic heterocycles. The van der Waals surface area contributed by atoms with Gasteiger partial charge in [-0.25, -0.2) is 4.79 Å². The van der Waals surface area contributed by atoms with Crippen molar-refractivity contribution in [2.24, 2.45) is 39.7 Å². The second-order valence-corrected chi connectivity index (χ2v) is 16.1. The van der Waals surface area contributed by atoms with Crippen molar-refractivity contribution < 1.29 is 24.0 Å². The van der Waals surface area contributed by atoms with E-state index in [0.29, 0.717) is 42.4 Å². The zero-order valence-electron chi connectivity index (χ0n) is 28.4. The zero-order chi connectivity index (χ0) is 31.9. The van der Waals surface area contributed by atoms with Crippen molar-refractivity contribution in [1.82, 2.24) is 10.2 Å². The number of carbonyl (C=O) groups excluding carboxylic acids is 3. The number of ether oxygens (including phenoxy) is 1. The summed E-state index contributed by atoms with van der Waals surface area (Å²) in [4.78, 5) is 45.8. The third-order valence-electron chi connectivity index (χ3n) is 13.3. The highest BCUT2D eigenvalue weighted by Crippen LogP contribution is 2.66. The van der Waals surface area contributed by atoms with E-state index in [4.69, 9.17) is 9.57 Å². The summed E-state index contributed by atoms with van der Waals surface area (Å²) < 4.78 is 5.41. The van der Waals surface area contributed by atoms with E-state index >= 15 is 0 Å². The number of rotatable bonds is 8. The predicted octanol–water partition coefficient (Wildman–Crippen LogP) is 7.35. The molecule has 4 saturated carbocycles. The summed E-state index contributed by atoms with van der Waals surface area (Å²) in [5, 5.41) is 8.01. The Hall–Kier alpha value is -2.22. The number of esters is 1. The number of carbonyl (C=O) groups is 3. The molecule has 8 nitrogen and oxygen atoms in total. The fraction of sp³-hybridized carbons (Fsp3) is 0.838. The molecule has 0 spiro atoms. The minimum Gasteiger partial charge on any atom is -0.462 e. The second-order valence-electron chi connectivity index (χ2n) is 16.1. The topological polar surface area (TPSA) is 97.3 Å². The van der Waals surface area contributed by atoms with Crippen LogP contribution in [0.4, 0.5) is 4.79 Å². The van der Waals surface area contributed by atoms with Crippen molar-refractivity contribution in [2.45, 2.75) is 155 Å². The van der Waals surface area contributed by atoms with Crippen LogP contribution in [-0.2, 0) is 19.2 Å². The third kappa shape index (κ3) is 6.38. The molecule has 5 aliphatic carbocycles. The summed E-state index contributed by atoms with van der Waals surface area (Å²) in [7, 11) is 0. The number of allylic oxidation sites excluding steroid dienone is 1. The lowest BCUT2D eigenvalue weighted by Gasteiger charge is -2.58. The minimum absolute atomic E-state index is 0.117. The first-order valence-corrected chi connectivity index (χ1v) is 18.2. The van der Waals surface area contributed by atoms with Crippen LogP contribution in [0, 0.1) is 34.5 Å². The minimum atomic E-state index is -0.329. The molecule has 6 aliphatic rings. The molecule has 0 radical (unpaired) electrons. The van der Waals surface area contributed by atoms with Crippen LogP contribution >= 0.6 is 0 Å². The van der Waals surface area contributed by atoms with Gasteiger partial charge in [-0.15, -0.1) is 0 Å².